The lowest BCUT2D eigenvalue weighted by molar-refractivity contribution is 0.197. The Morgan fingerprint density at radius 3 is 2.89 bits per heavy atom. The highest BCUT2D eigenvalue weighted by Crippen LogP contribution is 2.32. The molecular weight excluding hydrogens is 338 g/mol. The molecular formula is C22H33N3O2. The number of benzene rings is 1. The first-order valence-electron chi connectivity index (χ1n) is 10.1. The molecule has 148 valence electrons. The number of hydrogen-bond acceptors (Lipinski definition) is 4. The van der Waals surface area contributed by atoms with Crippen LogP contribution in [-0.2, 0) is 13.0 Å². The fourth-order valence-corrected chi connectivity index (χ4v) is 4.06. The van der Waals surface area contributed by atoms with Crippen molar-refractivity contribution in [1.82, 2.24) is 15.1 Å². The van der Waals surface area contributed by atoms with Crippen molar-refractivity contribution in [2.24, 2.45) is 5.92 Å². The molecule has 1 unspecified atom stereocenters. The normalized spacial score (nSPS) is 18.0. The molecule has 0 radical (unpaired) electrons. The zero-order valence-corrected chi connectivity index (χ0v) is 17.1. The van der Waals surface area contributed by atoms with Gasteiger partial charge in [-0.2, -0.15) is 5.10 Å². The Labute approximate surface area is 163 Å². The first-order chi connectivity index (χ1) is 13.1. The fourth-order valence-electron chi connectivity index (χ4n) is 4.06. The van der Waals surface area contributed by atoms with Crippen LogP contribution in [0.3, 0.4) is 0 Å². The minimum Gasteiger partial charge on any atom is -0.493 e. The summed E-state index contributed by atoms with van der Waals surface area (Å²) in [5.74, 6) is 2.82. The highest BCUT2D eigenvalue weighted by molar-refractivity contribution is 5.43. The van der Waals surface area contributed by atoms with Crippen molar-refractivity contribution in [2.45, 2.75) is 52.5 Å². The Kier molecular flexibility index (Phi) is 6.78. The maximum atomic E-state index is 5.73. The van der Waals surface area contributed by atoms with Gasteiger partial charge in [0.05, 0.1) is 19.9 Å². The van der Waals surface area contributed by atoms with Crippen LogP contribution in [0, 0.1) is 5.92 Å². The van der Waals surface area contributed by atoms with Crippen LogP contribution in [0.2, 0.25) is 0 Å². The van der Waals surface area contributed by atoms with Gasteiger partial charge in [-0.05, 0) is 61.9 Å². The summed E-state index contributed by atoms with van der Waals surface area (Å²) in [6.07, 6.45) is 5.57. The second-order valence-electron chi connectivity index (χ2n) is 7.90. The van der Waals surface area contributed by atoms with Gasteiger partial charge in [-0.15, -0.1) is 0 Å². The van der Waals surface area contributed by atoms with Crippen LogP contribution in [0.15, 0.2) is 24.4 Å². The van der Waals surface area contributed by atoms with Crippen molar-refractivity contribution >= 4 is 0 Å². The summed E-state index contributed by atoms with van der Waals surface area (Å²) in [5, 5.41) is 7.63. The first kappa shape index (κ1) is 19.7. The van der Waals surface area contributed by atoms with Gasteiger partial charge in [0.2, 0.25) is 0 Å². The fraction of sp³-hybridized carbons (Fsp3) is 0.591. The van der Waals surface area contributed by atoms with Crippen molar-refractivity contribution in [2.75, 3.05) is 26.8 Å². The molecule has 1 aromatic carbocycles. The lowest BCUT2D eigenvalue weighted by atomic mass is 9.90. The van der Waals surface area contributed by atoms with E-state index in [1.807, 2.05) is 19.2 Å². The van der Waals surface area contributed by atoms with E-state index in [0.717, 1.165) is 37.6 Å². The number of nitrogens with zero attached hydrogens (tertiary/aromatic N) is 2. The highest BCUT2D eigenvalue weighted by Gasteiger charge is 2.25. The average Bonchev–Trinajstić information content (AvgIpc) is 3.10. The number of likely N-dealkylation sites (tertiary alicyclic amines) is 1. The van der Waals surface area contributed by atoms with Crippen LogP contribution in [0.5, 0.6) is 11.5 Å². The molecule has 0 amide bonds. The Morgan fingerprint density at radius 1 is 1.30 bits per heavy atom. The Hall–Kier alpha value is -2.01. The van der Waals surface area contributed by atoms with Crippen LogP contribution < -0.4 is 9.47 Å². The van der Waals surface area contributed by atoms with Gasteiger partial charge in [0.15, 0.2) is 11.5 Å². The zero-order chi connectivity index (χ0) is 19.2. The van der Waals surface area contributed by atoms with Gasteiger partial charge in [0.1, 0.15) is 0 Å². The zero-order valence-electron chi connectivity index (χ0n) is 17.1. The standard InChI is InChI=1S/C22H33N3O2/c1-5-27-21-12-17(8-9-20(21)26-4)14-25-10-6-7-18(15-25)22-19(11-16(2)3)13-23-24-22/h8-9,12-13,16,18H,5-7,10-11,14-15H2,1-4H3,(H,23,24). The SMILES string of the molecule is CCOc1cc(CN2CCCC(c3[nH]ncc3CC(C)C)C2)ccc1OC. The number of piperidine rings is 1. The van der Waals surface area contributed by atoms with E-state index < -0.39 is 0 Å². The molecule has 27 heavy (non-hydrogen) atoms. The van der Waals surface area contributed by atoms with Gasteiger partial charge in [0, 0.05) is 24.7 Å². The van der Waals surface area contributed by atoms with Gasteiger partial charge in [-0.1, -0.05) is 19.9 Å². The predicted octanol–water partition coefficient (Wildman–Crippen LogP) is 4.40. The van der Waals surface area contributed by atoms with Crippen molar-refractivity contribution < 1.29 is 9.47 Å². The molecule has 3 rings (SSSR count). The van der Waals surface area contributed by atoms with E-state index in [-0.39, 0.29) is 0 Å². The topological polar surface area (TPSA) is 50.4 Å². The summed E-state index contributed by atoms with van der Waals surface area (Å²) in [6, 6.07) is 6.27. The summed E-state index contributed by atoms with van der Waals surface area (Å²) >= 11 is 0. The number of ether oxygens (including phenoxy) is 2. The van der Waals surface area contributed by atoms with Crippen molar-refractivity contribution in [3.63, 3.8) is 0 Å². The molecule has 5 heteroatoms. The summed E-state index contributed by atoms with van der Waals surface area (Å²) < 4.78 is 11.1. The molecule has 1 aliphatic rings. The maximum Gasteiger partial charge on any atom is 0.161 e. The second-order valence-corrected chi connectivity index (χ2v) is 7.90. The van der Waals surface area contributed by atoms with Crippen molar-refractivity contribution in [3.8, 4) is 11.5 Å². The van der Waals surface area contributed by atoms with E-state index in [1.54, 1.807) is 7.11 Å². The number of aromatic nitrogens is 2. The van der Waals surface area contributed by atoms with Gasteiger partial charge >= 0.3 is 0 Å². The van der Waals surface area contributed by atoms with Gasteiger partial charge < -0.3 is 9.47 Å². The van der Waals surface area contributed by atoms with E-state index in [2.05, 4.69) is 41.1 Å². The minimum atomic E-state index is 0.541. The molecule has 1 aliphatic heterocycles. The van der Waals surface area contributed by atoms with Crippen LogP contribution in [0.1, 0.15) is 56.4 Å². The van der Waals surface area contributed by atoms with Gasteiger partial charge in [-0.25, -0.2) is 0 Å². The molecule has 0 aliphatic carbocycles. The van der Waals surface area contributed by atoms with Crippen LogP contribution >= 0.6 is 0 Å². The molecule has 1 aromatic heterocycles. The number of methoxy groups -OCH3 is 1. The summed E-state index contributed by atoms with van der Waals surface area (Å²) in [6.45, 7) is 10.3. The third-order valence-corrected chi connectivity index (χ3v) is 5.23. The highest BCUT2D eigenvalue weighted by atomic mass is 16.5. The van der Waals surface area contributed by atoms with E-state index >= 15 is 0 Å². The third-order valence-electron chi connectivity index (χ3n) is 5.23. The number of rotatable bonds is 8. The molecule has 5 nitrogen and oxygen atoms in total. The largest absolute Gasteiger partial charge is 0.493 e. The average molecular weight is 372 g/mol. The molecule has 2 heterocycles. The molecule has 0 bridgehead atoms. The summed E-state index contributed by atoms with van der Waals surface area (Å²) in [5.41, 5.74) is 4.00. The van der Waals surface area contributed by atoms with E-state index in [9.17, 15) is 0 Å². The number of aromatic amines is 1. The van der Waals surface area contributed by atoms with E-state index in [1.165, 1.54) is 29.7 Å². The Morgan fingerprint density at radius 2 is 2.15 bits per heavy atom. The molecule has 0 saturated carbocycles. The molecule has 1 fully saturated rings. The van der Waals surface area contributed by atoms with Crippen molar-refractivity contribution in [1.29, 1.82) is 0 Å². The minimum absolute atomic E-state index is 0.541. The molecule has 1 atom stereocenters. The van der Waals surface area contributed by atoms with Crippen LogP contribution in [0.25, 0.3) is 0 Å². The van der Waals surface area contributed by atoms with Gasteiger partial charge in [-0.3, -0.25) is 10.00 Å². The van der Waals surface area contributed by atoms with E-state index in [4.69, 9.17) is 9.47 Å². The summed E-state index contributed by atoms with van der Waals surface area (Å²) in [4.78, 5) is 2.55. The third kappa shape index (κ3) is 5.04. The summed E-state index contributed by atoms with van der Waals surface area (Å²) in [7, 11) is 1.69. The lowest BCUT2D eigenvalue weighted by Gasteiger charge is -2.33. The number of hydrogen-bond donors (Lipinski definition) is 1. The van der Waals surface area contributed by atoms with Gasteiger partial charge in [0.25, 0.3) is 0 Å². The second kappa shape index (κ2) is 9.27. The lowest BCUT2D eigenvalue weighted by Crippen LogP contribution is -2.34. The molecule has 0 spiro atoms. The molecule has 1 N–H and O–H groups in total. The Balaban J connectivity index is 1.68. The van der Waals surface area contributed by atoms with Crippen LogP contribution in [0.4, 0.5) is 0 Å². The Bertz CT molecular complexity index is 726. The quantitative estimate of drug-likeness (QED) is 0.747. The first-order valence-corrected chi connectivity index (χ1v) is 10.1. The van der Waals surface area contributed by atoms with E-state index in [0.29, 0.717) is 18.4 Å². The molecule has 1 saturated heterocycles. The van der Waals surface area contributed by atoms with Crippen molar-refractivity contribution in [3.05, 3.63) is 41.2 Å². The number of nitrogens with one attached hydrogen (secondary N) is 1. The smallest absolute Gasteiger partial charge is 0.161 e. The van der Waals surface area contributed by atoms with Crippen LogP contribution in [-0.4, -0.2) is 41.9 Å². The predicted molar refractivity (Wildman–Crippen MR) is 109 cm³/mol. The number of H-pyrrole nitrogens is 1. The maximum absolute atomic E-state index is 5.73. The monoisotopic (exact) mass is 371 g/mol. The molecule has 2 aromatic rings.